The lowest BCUT2D eigenvalue weighted by atomic mass is 9.89. The molecule has 115 valence electrons. The van der Waals surface area contributed by atoms with E-state index in [9.17, 15) is 0 Å². The predicted octanol–water partition coefficient (Wildman–Crippen LogP) is 5.95. The third-order valence-electron chi connectivity index (χ3n) is 4.29. The van der Waals surface area contributed by atoms with Gasteiger partial charge in [0.25, 0.3) is 0 Å². The maximum Gasteiger partial charge on any atom is 0.0271 e. The van der Waals surface area contributed by atoms with Crippen LogP contribution in [-0.4, -0.2) is 12.6 Å². The van der Waals surface area contributed by atoms with Gasteiger partial charge in [0, 0.05) is 12.6 Å². The zero-order chi connectivity index (χ0) is 14.3. The SMILES string of the molecule is CCCCCCCC[N]C(CC)C(CC)CCCC. The minimum atomic E-state index is 0.632. The molecule has 0 heterocycles. The van der Waals surface area contributed by atoms with E-state index in [-0.39, 0.29) is 0 Å². The van der Waals surface area contributed by atoms with Crippen LogP contribution in [0.1, 0.15) is 98.3 Å². The fourth-order valence-corrected chi connectivity index (χ4v) is 2.90. The van der Waals surface area contributed by atoms with Gasteiger partial charge in [-0.2, -0.15) is 0 Å². The van der Waals surface area contributed by atoms with Crippen LogP contribution in [0.4, 0.5) is 0 Å². The summed E-state index contributed by atoms with van der Waals surface area (Å²) < 4.78 is 0. The quantitative estimate of drug-likeness (QED) is 0.346. The van der Waals surface area contributed by atoms with Crippen molar-refractivity contribution in [1.82, 2.24) is 5.32 Å². The first-order chi connectivity index (χ1) is 9.29. The molecule has 0 rings (SSSR count). The van der Waals surface area contributed by atoms with Crippen LogP contribution < -0.4 is 5.32 Å². The Morgan fingerprint density at radius 3 is 1.89 bits per heavy atom. The Hall–Kier alpha value is -0.0400. The van der Waals surface area contributed by atoms with E-state index in [1.807, 2.05) is 0 Å². The molecule has 1 heteroatoms. The first kappa shape index (κ1) is 19.0. The van der Waals surface area contributed by atoms with E-state index in [1.54, 1.807) is 0 Å². The molecule has 0 N–H and O–H groups in total. The molecule has 0 aliphatic heterocycles. The van der Waals surface area contributed by atoms with Gasteiger partial charge in [-0.1, -0.05) is 79.1 Å². The number of nitrogens with zero attached hydrogens (tertiary/aromatic N) is 1. The van der Waals surface area contributed by atoms with E-state index in [2.05, 4.69) is 27.7 Å². The molecule has 0 aromatic rings. The fraction of sp³-hybridized carbons (Fsp3) is 1.00. The lowest BCUT2D eigenvalue weighted by molar-refractivity contribution is 0.303. The Kier molecular flexibility index (Phi) is 14.3. The normalized spacial score (nSPS) is 14.5. The summed E-state index contributed by atoms with van der Waals surface area (Å²) in [6.45, 7) is 10.3. The summed E-state index contributed by atoms with van der Waals surface area (Å²) in [6.07, 6.45) is 14.9. The number of hydrogen-bond acceptors (Lipinski definition) is 0. The molecule has 0 aliphatic carbocycles. The van der Waals surface area contributed by atoms with Gasteiger partial charge in [0.05, 0.1) is 0 Å². The van der Waals surface area contributed by atoms with Crippen molar-refractivity contribution in [2.24, 2.45) is 5.92 Å². The summed E-state index contributed by atoms with van der Waals surface area (Å²) in [7, 11) is 0. The van der Waals surface area contributed by atoms with Crippen molar-refractivity contribution in [1.29, 1.82) is 0 Å². The van der Waals surface area contributed by atoms with Gasteiger partial charge >= 0.3 is 0 Å². The fourth-order valence-electron chi connectivity index (χ4n) is 2.90. The maximum atomic E-state index is 4.98. The molecule has 0 aromatic carbocycles. The zero-order valence-electron chi connectivity index (χ0n) is 14.1. The molecule has 0 saturated carbocycles. The number of hydrogen-bond donors (Lipinski definition) is 0. The zero-order valence-corrected chi connectivity index (χ0v) is 14.1. The third kappa shape index (κ3) is 10.4. The lowest BCUT2D eigenvalue weighted by Crippen LogP contribution is -2.30. The molecule has 2 unspecified atom stereocenters. The van der Waals surface area contributed by atoms with Gasteiger partial charge in [-0.25, -0.2) is 5.32 Å². The van der Waals surface area contributed by atoms with E-state index in [4.69, 9.17) is 5.32 Å². The van der Waals surface area contributed by atoms with Crippen molar-refractivity contribution in [3.8, 4) is 0 Å². The number of rotatable bonds is 14. The van der Waals surface area contributed by atoms with Gasteiger partial charge < -0.3 is 0 Å². The summed E-state index contributed by atoms with van der Waals surface area (Å²) in [4.78, 5) is 0. The Morgan fingerprint density at radius 2 is 1.32 bits per heavy atom. The summed E-state index contributed by atoms with van der Waals surface area (Å²) in [6, 6.07) is 0.632. The largest absolute Gasteiger partial charge is 0.238 e. The van der Waals surface area contributed by atoms with Crippen molar-refractivity contribution in [2.45, 2.75) is 104 Å². The predicted molar refractivity (Wildman–Crippen MR) is 87.8 cm³/mol. The summed E-state index contributed by atoms with van der Waals surface area (Å²) in [5, 5.41) is 4.98. The van der Waals surface area contributed by atoms with Crippen LogP contribution in [0, 0.1) is 5.92 Å². The minimum Gasteiger partial charge on any atom is -0.238 e. The Balaban J connectivity index is 3.66. The average molecular weight is 269 g/mol. The molecular weight excluding hydrogens is 230 g/mol. The van der Waals surface area contributed by atoms with Crippen LogP contribution in [0.15, 0.2) is 0 Å². The molecule has 0 aliphatic rings. The van der Waals surface area contributed by atoms with Crippen molar-refractivity contribution >= 4 is 0 Å². The second-order valence-corrected chi connectivity index (χ2v) is 5.96. The topological polar surface area (TPSA) is 14.1 Å². The van der Waals surface area contributed by atoms with Crippen LogP contribution >= 0.6 is 0 Å². The summed E-state index contributed by atoms with van der Waals surface area (Å²) in [5.41, 5.74) is 0. The molecular formula is C18H38N. The van der Waals surface area contributed by atoms with Gasteiger partial charge in [0.15, 0.2) is 0 Å². The van der Waals surface area contributed by atoms with Crippen molar-refractivity contribution in [3.63, 3.8) is 0 Å². The van der Waals surface area contributed by atoms with Crippen molar-refractivity contribution in [3.05, 3.63) is 0 Å². The van der Waals surface area contributed by atoms with Crippen molar-refractivity contribution in [2.75, 3.05) is 6.54 Å². The van der Waals surface area contributed by atoms with Crippen LogP contribution in [0.2, 0.25) is 0 Å². The Morgan fingerprint density at radius 1 is 0.684 bits per heavy atom. The molecule has 1 radical (unpaired) electrons. The highest BCUT2D eigenvalue weighted by molar-refractivity contribution is 4.74. The van der Waals surface area contributed by atoms with Gasteiger partial charge in [-0.05, 0) is 25.2 Å². The smallest absolute Gasteiger partial charge is 0.0271 e. The molecule has 0 spiro atoms. The highest BCUT2D eigenvalue weighted by Crippen LogP contribution is 2.20. The highest BCUT2D eigenvalue weighted by Gasteiger charge is 2.17. The van der Waals surface area contributed by atoms with E-state index in [1.165, 1.54) is 70.6 Å². The molecule has 0 aromatic heterocycles. The molecule has 2 atom stereocenters. The number of unbranched alkanes of at least 4 members (excludes halogenated alkanes) is 6. The van der Waals surface area contributed by atoms with E-state index in [0.29, 0.717) is 6.04 Å². The molecule has 0 bridgehead atoms. The summed E-state index contributed by atoms with van der Waals surface area (Å²) in [5.74, 6) is 0.838. The van der Waals surface area contributed by atoms with Crippen molar-refractivity contribution < 1.29 is 0 Å². The van der Waals surface area contributed by atoms with Gasteiger partial charge in [-0.15, -0.1) is 0 Å². The van der Waals surface area contributed by atoms with Crippen LogP contribution in [0.5, 0.6) is 0 Å². The lowest BCUT2D eigenvalue weighted by Gasteiger charge is -2.25. The molecule has 0 fully saturated rings. The van der Waals surface area contributed by atoms with Crippen LogP contribution in [0.25, 0.3) is 0 Å². The average Bonchev–Trinajstić information content (AvgIpc) is 2.44. The Bertz CT molecular complexity index is 167. The monoisotopic (exact) mass is 268 g/mol. The second kappa shape index (κ2) is 14.4. The minimum absolute atomic E-state index is 0.632. The third-order valence-corrected chi connectivity index (χ3v) is 4.29. The molecule has 0 saturated heterocycles. The highest BCUT2D eigenvalue weighted by atomic mass is 14.9. The molecule has 19 heavy (non-hydrogen) atoms. The Labute approximate surface area is 122 Å². The van der Waals surface area contributed by atoms with E-state index < -0.39 is 0 Å². The van der Waals surface area contributed by atoms with E-state index >= 15 is 0 Å². The molecule has 1 nitrogen and oxygen atoms in total. The standard InChI is InChI=1S/C18H38N/c1-5-9-11-12-13-14-16-19-18(8-4)17(7-3)15-10-6-2/h17-18H,5-16H2,1-4H3. The second-order valence-electron chi connectivity index (χ2n) is 5.96. The van der Waals surface area contributed by atoms with Crippen LogP contribution in [-0.2, 0) is 0 Å². The first-order valence-electron chi connectivity index (χ1n) is 8.96. The van der Waals surface area contributed by atoms with Crippen LogP contribution in [0.3, 0.4) is 0 Å². The first-order valence-corrected chi connectivity index (χ1v) is 8.96. The van der Waals surface area contributed by atoms with E-state index in [0.717, 1.165) is 12.5 Å². The van der Waals surface area contributed by atoms with Gasteiger partial charge in [0.2, 0.25) is 0 Å². The van der Waals surface area contributed by atoms with Gasteiger partial charge in [-0.3, -0.25) is 0 Å². The maximum absolute atomic E-state index is 4.98. The van der Waals surface area contributed by atoms with Gasteiger partial charge in [0.1, 0.15) is 0 Å². The summed E-state index contributed by atoms with van der Waals surface area (Å²) >= 11 is 0. The molecule has 0 amide bonds.